The first kappa shape index (κ1) is 18.4. The minimum Gasteiger partial charge on any atom is -0.483 e. The average molecular weight is 385 g/mol. The van der Waals surface area contributed by atoms with Gasteiger partial charge in [-0.3, -0.25) is 0 Å². The Morgan fingerprint density at radius 3 is 1.23 bits per heavy atom. The molecule has 0 fully saturated rings. The zero-order valence-corrected chi connectivity index (χ0v) is 16.3. The third-order valence-electron chi connectivity index (χ3n) is 3.75. The van der Waals surface area contributed by atoms with E-state index in [0.29, 0.717) is 23.7 Å². The molecule has 0 saturated heterocycles. The van der Waals surface area contributed by atoms with Crippen LogP contribution in [0.5, 0.6) is 17.2 Å². The van der Waals surface area contributed by atoms with Crippen LogP contribution in [0.2, 0.25) is 0 Å². The topological polar surface area (TPSA) is 27.7 Å². The fourth-order valence-electron chi connectivity index (χ4n) is 2.46. The van der Waals surface area contributed by atoms with Crippen molar-refractivity contribution >= 4 is 20.4 Å². The van der Waals surface area contributed by atoms with Gasteiger partial charge in [-0.2, -0.15) is 0 Å². The SMILES string of the molecule is CCC(Cl)[Si](Oc1ccccc1)(Oc1ccccc1)Oc1ccccc1. The third-order valence-corrected chi connectivity index (χ3v) is 7.60. The minimum absolute atomic E-state index is 0.414. The van der Waals surface area contributed by atoms with Crippen molar-refractivity contribution in [1.82, 2.24) is 0 Å². The highest BCUT2D eigenvalue weighted by Crippen LogP contribution is 2.29. The third kappa shape index (κ3) is 4.59. The van der Waals surface area contributed by atoms with Crippen LogP contribution in [0.4, 0.5) is 0 Å². The van der Waals surface area contributed by atoms with Crippen LogP contribution in [0.15, 0.2) is 91.0 Å². The first-order valence-corrected chi connectivity index (χ1v) is 10.8. The van der Waals surface area contributed by atoms with Crippen molar-refractivity contribution in [2.75, 3.05) is 0 Å². The highest BCUT2D eigenvalue weighted by Gasteiger charge is 2.56. The van der Waals surface area contributed by atoms with Gasteiger partial charge in [-0.05, 0) is 42.8 Å². The lowest BCUT2D eigenvalue weighted by Crippen LogP contribution is -2.62. The first-order chi connectivity index (χ1) is 12.7. The van der Waals surface area contributed by atoms with Gasteiger partial charge in [0, 0.05) is 0 Å². The summed E-state index contributed by atoms with van der Waals surface area (Å²) in [4.78, 5) is 0. The maximum Gasteiger partial charge on any atom is 0.718 e. The smallest absolute Gasteiger partial charge is 0.483 e. The molecule has 0 N–H and O–H groups in total. The molecule has 0 aliphatic rings. The first-order valence-electron chi connectivity index (χ1n) is 8.58. The standard InChI is InChI=1S/C21H21ClO3Si/c1-2-21(22)26(23-18-12-6-3-7-13-18,24-19-14-8-4-9-15-19)25-20-16-10-5-11-17-20/h3-17,21H,2H2,1H3. The lowest BCUT2D eigenvalue weighted by molar-refractivity contribution is 0.255. The van der Waals surface area contributed by atoms with E-state index in [4.69, 9.17) is 24.9 Å². The molecule has 0 saturated carbocycles. The van der Waals surface area contributed by atoms with Gasteiger partial charge in [0.25, 0.3) is 0 Å². The van der Waals surface area contributed by atoms with Crippen LogP contribution < -0.4 is 13.3 Å². The van der Waals surface area contributed by atoms with E-state index in [1.807, 2.05) is 97.9 Å². The maximum absolute atomic E-state index is 6.72. The molecule has 3 nitrogen and oxygen atoms in total. The quantitative estimate of drug-likeness (QED) is 0.367. The molecular formula is C21H21ClO3Si. The maximum atomic E-state index is 6.72. The van der Waals surface area contributed by atoms with E-state index in [1.54, 1.807) is 0 Å². The summed E-state index contributed by atoms with van der Waals surface area (Å²) in [5.41, 5.74) is 0. The van der Waals surface area contributed by atoms with Gasteiger partial charge in [0.1, 0.15) is 22.2 Å². The lowest BCUT2D eigenvalue weighted by Gasteiger charge is -2.32. The second kappa shape index (κ2) is 8.78. The van der Waals surface area contributed by atoms with E-state index >= 15 is 0 Å². The molecule has 5 heteroatoms. The molecule has 3 aromatic rings. The number of rotatable bonds is 8. The van der Waals surface area contributed by atoms with Crippen LogP contribution >= 0.6 is 11.6 Å². The van der Waals surface area contributed by atoms with Gasteiger partial charge in [0.15, 0.2) is 0 Å². The van der Waals surface area contributed by atoms with Crippen molar-refractivity contribution in [1.29, 1.82) is 0 Å². The predicted molar refractivity (Wildman–Crippen MR) is 107 cm³/mol. The van der Waals surface area contributed by atoms with Crippen molar-refractivity contribution < 1.29 is 13.3 Å². The molecule has 1 atom stereocenters. The summed E-state index contributed by atoms with van der Waals surface area (Å²) >= 11 is 6.72. The Labute approximate surface area is 160 Å². The van der Waals surface area contributed by atoms with Gasteiger partial charge in [-0.15, -0.1) is 11.6 Å². The number of hydrogen-bond donors (Lipinski definition) is 0. The molecule has 0 aromatic heterocycles. The Morgan fingerprint density at radius 1 is 0.654 bits per heavy atom. The zero-order valence-electron chi connectivity index (χ0n) is 14.5. The van der Waals surface area contributed by atoms with Crippen molar-refractivity contribution in [3.8, 4) is 17.2 Å². The molecule has 26 heavy (non-hydrogen) atoms. The lowest BCUT2D eigenvalue weighted by atomic mass is 10.3. The summed E-state index contributed by atoms with van der Waals surface area (Å²) in [5.74, 6) is 2.01. The van der Waals surface area contributed by atoms with Crippen molar-refractivity contribution in [2.45, 2.75) is 18.3 Å². The second-order valence-electron chi connectivity index (χ2n) is 5.72. The average Bonchev–Trinajstić information content (AvgIpc) is 2.69. The Bertz CT molecular complexity index is 683. The molecule has 3 aromatic carbocycles. The van der Waals surface area contributed by atoms with Crippen LogP contribution in [0, 0.1) is 0 Å². The van der Waals surface area contributed by atoms with Crippen LogP contribution in [0.25, 0.3) is 0 Å². The highest BCUT2D eigenvalue weighted by molar-refractivity contribution is 6.73. The molecule has 3 rings (SSSR count). The number of hydrogen-bond acceptors (Lipinski definition) is 3. The Kier molecular flexibility index (Phi) is 6.20. The Morgan fingerprint density at radius 2 is 0.962 bits per heavy atom. The number of benzene rings is 3. The van der Waals surface area contributed by atoms with Crippen LogP contribution in [-0.2, 0) is 0 Å². The van der Waals surface area contributed by atoms with E-state index in [0.717, 1.165) is 0 Å². The molecule has 134 valence electrons. The van der Waals surface area contributed by atoms with Crippen molar-refractivity contribution in [2.24, 2.45) is 0 Å². The van der Waals surface area contributed by atoms with Gasteiger partial charge >= 0.3 is 8.80 Å². The normalized spacial score (nSPS) is 12.2. The zero-order chi connectivity index (χ0) is 18.2. The summed E-state index contributed by atoms with van der Waals surface area (Å²) in [6, 6.07) is 28.5. The van der Waals surface area contributed by atoms with Gasteiger partial charge in [-0.25, -0.2) is 0 Å². The van der Waals surface area contributed by atoms with Crippen LogP contribution in [-0.4, -0.2) is 13.8 Å². The molecule has 0 heterocycles. The van der Waals surface area contributed by atoms with Gasteiger partial charge < -0.3 is 13.3 Å². The van der Waals surface area contributed by atoms with Crippen LogP contribution in [0.3, 0.4) is 0 Å². The minimum atomic E-state index is -3.36. The summed E-state index contributed by atoms with van der Waals surface area (Å²) in [7, 11) is -3.36. The van der Waals surface area contributed by atoms with E-state index in [2.05, 4.69) is 0 Å². The van der Waals surface area contributed by atoms with E-state index < -0.39 is 13.8 Å². The number of halogens is 1. The highest BCUT2D eigenvalue weighted by atomic mass is 35.5. The Hall–Kier alpha value is -2.43. The van der Waals surface area contributed by atoms with Gasteiger partial charge in [-0.1, -0.05) is 61.5 Å². The van der Waals surface area contributed by atoms with E-state index in [1.165, 1.54) is 0 Å². The monoisotopic (exact) mass is 384 g/mol. The summed E-state index contributed by atoms with van der Waals surface area (Å²) in [6.45, 7) is 2.00. The molecule has 0 amide bonds. The van der Waals surface area contributed by atoms with E-state index in [-0.39, 0.29) is 0 Å². The van der Waals surface area contributed by atoms with Gasteiger partial charge in [0.2, 0.25) is 0 Å². The number of alkyl halides is 1. The van der Waals surface area contributed by atoms with E-state index in [9.17, 15) is 0 Å². The fraction of sp³-hybridized carbons (Fsp3) is 0.143. The molecular weight excluding hydrogens is 364 g/mol. The summed E-state index contributed by atoms with van der Waals surface area (Å²) in [6.07, 6.45) is 0.653. The predicted octanol–water partition coefficient (Wildman–Crippen LogP) is 5.72. The van der Waals surface area contributed by atoms with Crippen molar-refractivity contribution in [3.05, 3.63) is 91.0 Å². The second-order valence-corrected chi connectivity index (χ2v) is 9.13. The van der Waals surface area contributed by atoms with Crippen molar-refractivity contribution in [3.63, 3.8) is 0 Å². The molecule has 0 aliphatic heterocycles. The molecule has 0 spiro atoms. The Balaban J connectivity index is 2.00. The van der Waals surface area contributed by atoms with Crippen LogP contribution in [0.1, 0.15) is 13.3 Å². The molecule has 0 radical (unpaired) electrons. The summed E-state index contributed by atoms with van der Waals surface area (Å²) in [5, 5.41) is -0.414. The fourth-order valence-corrected chi connectivity index (χ4v) is 5.27. The molecule has 1 unspecified atom stereocenters. The molecule has 0 aliphatic carbocycles. The van der Waals surface area contributed by atoms with Gasteiger partial charge in [0.05, 0.1) is 0 Å². The largest absolute Gasteiger partial charge is 0.718 e. The molecule has 0 bridgehead atoms. The number of para-hydroxylation sites is 3. The summed E-state index contributed by atoms with van der Waals surface area (Å²) < 4.78 is 19.0.